The van der Waals surface area contributed by atoms with Crippen molar-refractivity contribution in [2.75, 3.05) is 0 Å². The Morgan fingerprint density at radius 3 is 3.00 bits per heavy atom. The first-order chi connectivity index (χ1) is 10.7. The van der Waals surface area contributed by atoms with E-state index in [0.29, 0.717) is 24.0 Å². The number of hydrogen-bond donors (Lipinski definition) is 0. The lowest BCUT2D eigenvalue weighted by Crippen LogP contribution is -2.21. The van der Waals surface area contributed by atoms with Crippen LogP contribution in [0.1, 0.15) is 5.69 Å². The van der Waals surface area contributed by atoms with Gasteiger partial charge in [0, 0.05) is 32.4 Å². The van der Waals surface area contributed by atoms with Gasteiger partial charge in [0.25, 0.3) is 5.56 Å². The normalized spacial score (nSPS) is 11.5. The molecular formula is C15H14N6O. The van der Waals surface area contributed by atoms with E-state index in [1.165, 1.54) is 0 Å². The third kappa shape index (κ3) is 2.07. The van der Waals surface area contributed by atoms with Crippen molar-refractivity contribution in [1.29, 1.82) is 0 Å². The summed E-state index contributed by atoms with van der Waals surface area (Å²) < 4.78 is 5.16. The molecule has 7 heteroatoms. The Balaban J connectivity index is 1.63. The standard InChI is InChI=1S/C15H14N6O/c1-19-9-12-14(18-19)15(22)21(10-16-12)7-5-11-8-20-6-3-2-4-13(20)17-11/h2-4,6,8-10H,5,7H2,1H3. The molecule has 110 valence electrons. The third-order valence-corrected chi connectivity index (χ3v) is 3.63. The summed E-state index contributed by atoms with van der Waals surface area (Å²) in [5.41, 5.74) is 2.76. The van der Waals surface area contributed by atoms with E-state index < -0.39 is 0 Å². The molecular weight excluding hydrogens is 280 g/mol. The Labute approximate surface area is 125 Å². The Morgan fingerprint density at radius 2 is 2.14 bits per heavy atom. The molecule has 4 aromatic rings. The van der Waals surface area contributed by atoms with E-state index in [-0.39, 0.29) is 5.56 Å². The largest absolute Gasteiger partial charge is 0.307 e. The Hall–Kier alpha value is -2.96. The average Bonchev–Trinajstić information content (AvgIpc) is 3.09. The lowest BCUT2D eigenvalue weighted by Gasteiger charge is -2.02. The second kappa shape index (κ2) is 4.80. The van der Waals surface area contributed by atoms with E-state index >= 15 is 0 Å². The fourth-order valence-electron chi connectivity index (χ4n) is 2.55. The highest BCUT2D eigenvalue weighted by molar-refractivity contribution is 5.71. The fraction of sp³-hybridized carbons (Fsp3) is 0.200. The van der Waals surface area contributed by atoms with Gasteiger partial charge >= 0.3 is 0 Å². The summed E-state index contributed by atoms with van der Waals surface area (Å²) in [6.07, 6.45) is 7.92. The van der Waals surface area contributed by atoms with Crippen molar-refractivity contribution < 1.29 is 0 Å². The maximum Gasteiger partial charge on any atom is 0.281 e. The van der Waals surface area contributed by atoms with E-state index in [9.17, 15) is 4.79 Å². The van der Waals surface area contributed by atoms with Gasteiger partial charge in [-0.1, -0.05) is 6.07 Å². The zero-order chi connectivity index (χ0) is 15.1. The first-order valence-electron chi connectivity index (χ1n) is 7.02. The molecule has 0 atom stereocenters. The van der Waals surface area contributed by atoms with Gasteiger partial charge in [-0.3, -0.25) is 14.0 Å². The number of pyridine rings is 1. The third-order valence-electron chi connectivity index (χ3n) is 3.63. The maximum absolute atomic E-state index is 12.4. The van der Waals surface area contributed by atoms with Crippen LogP contribution < -0.4 is 5.56 Å². The first-order valence-corrected chi connectivity index (χ1v) is 7.02. The van der Waals surface area contributed by atoms with Gasteiger partial charge in [-0.25, -0.2) is 9.97 Å². The highest BCUT2D eigenvalue weighted by Crippen LogP contribution is 2.06. The topological polar surface area (TPSA) is 70.0 Å². The van der Waals surface area contributed by atoms with Gasteiger partial charge in [0.2, 0.25) is 0 Å². The molecule has 0 bridgehead atoms. The summed E-state index contributed by atoms with van der Waals surface area (Å²) in [5, 5.41) is 4.16. The predicted octanol–water partition coefficient (Wildman–Crippen LogP) is 1.02. The highest BCUT2D eigenvalue weighted by Gasteiger charge is 2.08. The van der Waals surface area contributed by atoms with Gasteiger partial charge in [0.05, 0.1) is 18.2 Å². The molecule has 0 aliphatic carbocycles. The van der Waals surface area contributed by atoms with Gasteiger partial charge in [0.1, 0.15) is 11.2 Å². The van der Waals surface area contributed by atoms with E-state index in [1.54, 1.807) is 28.8 Å². The number of nitrogens with zero attached hydrogens (tertiary/aromatic N) is 6. The minimum Gasteiger partial charge on any atom is -0.307 e. The fourth-order valence-corrected chi connectivity index (χ4v) is 2.55. The minimum atomic E-state index is -0.116. The van der Waals surface area contributed by atoms with E-state index in [1.807, 2.05) is 35.0 Å². The van der Waals surface area contributed by atoms with Crippen LogP contribution in [-0.4, -0.2) is 28.7 Å². The molecule has 0 radical (unpaired) electrons. The molecule has 0 aromatic carbocycles. The van der Waals surface area contributed by atoms with Crippen LogP contribution in [0.4, 0.5) is 0 Å². The number of hydrogen-bond acceptors (Lipinski definition) is 4. The van der Waals surface area contributed by atoms with Crippen molar-refractivity contribution in [1.82, 2.24) is 28.7 Å². The molecule has 0 saturated carbocycles. The molecule has 0 saturated heterocycles. The number of fused-ring (bicyclic) bond motifs is 2. The molecule has 0 aliphatic rings. The Bertz CT molecular complexity index is 992. The second-order valence-corrected chi connectivity index (χ2v) is 5.23. The summed E-state index contributed by atoms with van der Waals surface area (Å²) in [6, 6.07) is 5.87. The Morgan fingerprint density at radius 1 is 1.23 bits per heavy atom. The van der Waals surface area contributed by atoms with Crippen LogP contribution in [0.5, 0.6) is 0 Å². The minimum absolute atomic E-state index is 0.116. The molecule has 4 aromatic heterocycles. The molecule has 7 nitrogen and oxygen atoms in total. The quantitative estimate of drug-likeness (QED) is 0.565. The smallest absolute Gasteiger partial charge is 0.281 e. The van der Waals surface area contributed by atoms with Crippen LogP contribution in [0.2, 0.25) is 0 Å². The summed E-state index contributed by atoms with van der Waals surface area (Å²) in [4.78, 5) is 21.2. The molecule has 4 rings (SSSR count). The van der Waals surface area contributed by atoms with Crippen molar-refractivity contribution in [2.24, 2.45) is 7.05 Å². The van der Waals surface area contributed by atoms with Crippen molar-refractivity contribution in [3.8, 4) is 0 Å². The van der Waals surface area contributed by atoms with E-state index in [4.69, 9.17) is 0 Å². The molecule has 22 heavy (non-hydrogen) atoms. The molecule has 0 N–H and O–H groups in total. The predicted molar refractivity (Wildman–Crippen MR) is 81.7 cm³/mol. The van der Waals surface area contributed by atoms with Crippen LogP contribution in [-0.2, 0) is 20.0 Å². The number of aryl methyl sites for hydroxylation is 3. The van der Waals surface area contributed by atoms with Gasteiger partial charge < -0.3 is 4.40 Å². The van der Waals surface area contributed by atoms with Crippen molar-refractivity contribution in [3.05, 3.63) is 59.2 Å². The summed E-state index contributed by atoms with van der Waals surface area (Å²) >= 11 is 0. The zero-order valence-electron chi connectivity index (χ0n) is 12.0. The molecule has 0 aliphatic heterocycles. The van der Waals surface area contributed by atoms with Crippen LogP contribution in [0.25, 0.3) is 16.7 Å². The van der Waals surface area contributed by atoms with Gasteiger partial charge in [-0.2, -0.15) is 5.10 Å². The van der Waals surface area contributed by atoms with Crippen LogP contribution in [0, 0.1) is 0 Å². The van der Waals surface area contributed by atoms with Crippen molar-refractivity contribution in [3.63, 3.8) is 0 Å². The number of imidazole rings is 1. The van der Waals surface area contributed by atoms with E-state index in [2.05, 4.69) is 15.1 Å². The summed E-state index contributed by atoms with van der Waals surface area (Å²) in [6.45, 7) is 0.530. The lowest BCUT2D eigenvalue weighted by atomic mass is 10.3. The molecule has 4 heterocycles. The first kappa shape index (κ1) is 12.8. The van der Waals surface area contributed by atoms with Gasteiger partial charge in [0.15, 0.2) is 5.52 Å². The number of aromatic nitrogens is 6. The molecule has 0 fully saturated rings. The van der Waals surface area contributed by atoms with Crippen LogP contribution >= 0.6 is 0 Å². The van der Waals surface area contributed by atoms with E-state index in [0.717, 1.165) is 11.3 Å². The van der Waals surface area contributed by atoms with Crippen LogP contribution in [0.15, 0.2) is 47.9 Å². The Kier molecular flexibility index (Phi) is 2.78. The SMILES string of the molecule is Cn1cc2ncn(CCc3cn4ccccc4n3)c(=O)c2n1. The molecule has 0 unspecified atom stereocenters. The summed E-state index contributed by atoms with van der Waals surface area (Å²) in [7, 11) is 1.78. The van der Waals surface area contributed by atoms with Gasteiger partial charge in [-0.15, -0.1) is 0 Å². The number of rotatable bonds is 3. The lowest BCUT2D eigenvalue weighted by molar-refractivity contribution is 0.654. The average molecular weight is 294 g/mol. The monoisotopic (exact) mass is 294 g/mol. The highest BCUT2D eigenvalue weighted by atomic mass is 16.1. The van der Waals surface area contributed by atoms with Crippen molar-refractivity contribution >= 4 is 16.7 Å². The maximum atomic E-state index is 12.4. The molecule has 0 spiro atoms. The van der Waals surface area contributed by atoms with Gasteiger partial charge in [-0.05, 0) is 12.1 Å². The zero-order valence-corrected chi connectivity index (χ0v) is 12.0. The molecule has 0 amide bonds. The summed E-state index contributed by atoms with van der Waals surface area (Å²) in [5.74, 6) is 0. The second-order valence-electron chi connectivity index (χ2n) is 5.23. The van der Waals surface area contributed by atoms with Crippen molar-refractivity contribution in [2.45, 2.75) is 13.0 Å². The van der Waals surface area contributed by atoms with Crippen LogP contribution in [0.3, 0.4) is 0 Å².